The van der Waals surface area contributed by atoms with Crippen LogP contribution in [0.2, 0.25) is 0 Å². The molecule has 0 atom stereocenters. The Kier molecular flexibility index (Phi) is 3.88. The highest BCUT2D eigenvalue weighted by atomic mass is 16.5. The van der Waals surface area contributed by atoms with E-state index in [-0.39, 0.29) is 5.91 Å². The predicted octanol–water partition coefficient (Wildman–Crippen LogP) is 0.699. The summed E-state index contributed by atoms with van der Waals surface area (Å²) in [5, 5.41) is 0. The zero-order valence-corrected chi connectivity index (χ0v) is 13.1. The molecular formula is C16H21N5O2. The van der Waals surface area contributed by atoms with Crippen LogP contribution in [-0.2, 0) is 24.4 Å². The molecule has 2 aliphatic rings. The van der Waals surface area contributed by atoms with Gasteiger partial charge in [-0.25, -0.2) is 4.98 Å². The zero-order chi connectivity index (χ0) is 15.6. The molecule has 1 N–H and O–H groups in total. The highest BCUT2D eigenvalue weighted by Gasteiger charge is 2.24. The van der Waals surface area contributed by atoms with Gasteiger partial charge in [-0.2, -0.15) is 0 Å². The van der Waals surface area contributed by atoms with Gasteiger partial charge < -0.3 is 19.2 Å². The standard InChI is InChI=1S/C16H21N5O2/c22-16(14-2-1-3-17-14)21-5-4-20-11-13(18-15(20)12-21)10-19-6-8-23-9-7-19/h1-3,11,17H,4-10,12H2. The molecule has 2 aromatic rings. The van der Waals surface area contributed by atoms with Crippen LogP contribution in [-0.4, -0.2) is 63.1 Å². The maximum Gasteiger partial charge on any atom is 0.270 e. The third kappa shape index (κ3) is 3.02. The molecule has 0 aliphatic carbocycles. The number of aromatic nitrogens is 3. The van der Waals surface area contributed by atoms with Crippen molar-refractivity contribution in [3.05, 3.63) is 41.7 Å². The van der Waals surface area contributed by atoms with Crippen LogP contribution in [0, 0.1) is 0 Å². The lowest BCUT2D eigenvalue weighted by Gasteiger charge is -2.27. The number of imidazole rings is 1. The molecule has 0 bridgehead atoms. The average Bonchev–Trinajstić information content (AvgIpc) is 3.23. The lowest BCUT2D eigenvalue weighted by molar-refractivity contribution is 0.0337. The van der Waals surface area contributed by atoms with Gasteiger partial charge in [-0.3, -0.25) is 9.69 Å². The summed E-state index contributed by atoms with van der Waals surface area (Å²) in [4.78, 5) is 24.4. The van der Waals surface area contributed by atoms with Crippen molar-refractivity contribution >= 4 is 5.91 Å². The number of nitrogens with one attached hydrogen (secondary N) is 1. The monoisotopic (exact) mass is 315 g/mol. The molecule has 23 heavy (non-hydrogen) atoms. The number of fused-ring (bicyclic) bond motifs is 1. The van der Waals surface area contributed by atoms with Crippen molar-refractivity contribution in [2.45, 2.75) is 19.6 Å². The van der Waals surface area contributed by atoms with Crippen LogP contribution in [0.15, 0.2) is 24.5 Å². The van der Waals surface area contributed by atoms with E-state index in [1.54, 1.807) is 6.20 Å². The summed E-state index contributed by atoms with van der Waals surface area (Å²) < 4.78 is 7.55. The lowest BCUT2D eigenvalue weighted by Crippen LogP contribution is -2.38. The van der Waals surface area contributed by atoms with E-state index >= 15 is 0 Å². The Morgan fingerprint density at radius 2 is 2.13 bits per heavy atom. The van der Waals surface area contributed by atoms with Crippen LogP contribution in [0.5, 0.6) is 0 Å². The summed E-state index contributed by atoms with van der Waals surface area (Å²) in [6.07, 6.45) is 3.90. The Balaban J connectivity index is 1.44. The second-order valence-corrected chi connectivity index (χ2v) is 6.04. The molecule has 0 spiro atoms. The van der Waals surface area contributed by atoms with E-state index in [0.29, 0.717) is 12.2 Å². The number of amides is 1. The van der Waals surface area contributed by atoms with Gasteiger partial charge in [0.25, 0.3) is 5.91 Å². The number of hydrogen-bond acceptors (Lipinski definition) is 4. The fourth-order valence-electron chi connectivity index (χ4n) is 3.18. The van der Waals surface area contributed by atoms with Crippen LogP contribution in [0.25, 0.3) is 0 Å². The van der Waals surface area contributed by atoms with Crippen molar-refractivity contribution in [3.8, 4) is 0 Å². The molecule has 2 aromatic heterocycles. The topological polar surface area (TPSA) is 66.4 Å². The molecule has 4 rings (SSSR count). The van der Waals surface area contributed by atoms with Gasteiger partial charge >= 0.3 is 0 Å². The minimum Gasteiger partial charge on any atom is -0.379 e. The first-order valence-electron chi connectivity index (χ1n) is 8.07. The number of aromatic amines is 1. The van der Waals surface area contributed by atoms with Crippen LogP contribution in [0.3, 0.4) is 0 Å². The van der Waals surface area contributed by atoms with Crippen molar-refractivity contribution in [2.24, 2.45) is 0 Å². The van der Waals surface area contributed by atoms with Crippen molar-refractivity contribution in [3.63, 3.8) is 0 Å². The zero-order valence-electron chi connectivity index (χ0n) is 13.1. The van der Waals surface area contributed by atoms with Gasteiger partial charge in [0, 0.05) is 45.1 Å². The van der Waals surface area contributed by atoms with E-state index in [2.05, 4.69) is 20.6 Å². The second kappa shape index (κ2) is 6.17. The van der Waals surface area contributed by atoms with Gasteiger partial charge in [0.2, 0.25) is 0 Å². The summed E-state index contributed by atoms with van der Waals surface area (Å²) in [6.45, 7) is 6.46. The summed E-state index contributed by atoms with van der Waals surface area (Å²) in [5.74, 6) is 1.01. The second-order valence-electron chi connectivity index (χ2n) is 6.04. The van der Waals surface area contributed by atoms with Crippen molar-refractivity contribution in [2.75, 3.05) is 32.8 Å². The maximum absolute atomic E-state index is 12.4. The van der Waals surface area contributed by atoms with Crippen LogP contribution in [0.4, 0.5) is 0 Å². The third-order valence-electron chi connectivity index (χ3n) is 4.46. The summed E-state index contributed by atoms with van der Waals surface area (Å²) >= 11 is 0. The lowest BCUT2D eigenvalue weighted by atomic mass is 10.3. The highest BCUT2D eigenvalue weighted by Crippen LogP contribution is 2.16. The smallest absolute Gasteiger partial charge is 0.270 e. The molecular weight excluding hydrogens is 294 g/mol. The van der Waals surface area contributed by atoms with Gasteiger partial charge in [0.15, 0.2) is 0 Å². The van der Waals surface area contributed by atoms with Crippen molar-refractivity contribution < 1.29 is 9.53 Å². The Hall–Kier alpha value is -2.12. The Bertz CT molecular complexity index is 673. The molecule has 0 radical (unpaired) electrons. The Labute approximate surface area is 134 Å². The fraction of sp³-hybridized carbons (Fsp3) is 0.500. The van der Waals surface area contributed by atoms with E-state index in [0.717, 1.165) is 57.5 Å². The molecule has 1 fully saturated rings. The molecule has 0 unspecified atom stereocenters. The largest absolute Gasteiger partial charge is 0.379 e. The molecule has 4 heterocycles. The molecule has 0 aromatic carbocycles. The molecule has 7 heteroatoms. The molecule has 122 valence electrons. The first-order chi connectivity index (χ1) is 11.3. The fourth-order valence-corrected chi connectivity index (χ4v) is 3.18. The summed E-state index contributed by atoms with van der Waals surface area (Å²) in [5.41, 5.74) is 1.72. The van der Waals surface area contributed by atoms with E-state index in [1.807, 2.05) is 17.0 Å². The number of H-pyrrole nitrogens is 1. The van der Waals surface area contributed by atoms with Crippen molar-refractivity contribution in [1.29, 1.82) is 0 Å². The normalized spacial score (nSPS) is 18.9. The van der Waals surface area contributed by atoms with Gasteiger partial charge in [-0.05, 0) is 12.1 Å². The van der Waals surface area contributed by atoms with Gasteiger partial charge in [0.1, 0.15) is 11.5 Å². The molecule has 1 saturated heterocycles. The Morgan fingerprint density at radius 3 is 2.91 bits per heavy atom. The summed E-state index contributed by atoms with van der Waals surface area (Å²) in [6, 6.07) is 3.66. The first kappa shape index (κ1) is 14.5. The average molecular weight is 315 g/mol. The van der Waals surface area contributed by atoms with E-state index < -0.39 is 0 Å². The molecule has 2 aliphatic heterocycles. The number of morpholine rings is 1. The van der Waals surface area contributed by atoms with Crippen molar-refractivity contribution in [1.82, 2.24) is 24.3 Å². The van der Waals surface area contributed by atoms with Gasteiger partial charge in [0.05, 0.1) is 25.5 Å². The van der Waals surface area contributed by atoms with Gasteiger partial charge in [-0.15, -0.1) is 0 Å². The number of carbonyl (C=O) groups is 1. The van der Waals surface area contributed by atoms with Gasteiger partial charge in [-0.1, -0.05) is 0 Å². The van der Waals surface area contributed by atoms with Crippen LogP contribution < -0.4 is 0 Å². The number of hydrogen-bond donors (Lipinski definition) is 1. The summed E-state index contributed by atoms with van der Waals surface area (Å²) in [7, 11) is 0. The van der Waals surface area contributed by atoms with E-state index in [1.165, 1.54) is 0 Å². The number of nitrogens with zero attached hydrogens (tertiary/aromatic N) is 4. The molecule has 7 nitrogen and oxygen atoms in total. The number of rotatable bonds is 3. The van der Waals surface area contributed by atoms with E-state index in [9.17, 15) is 4.79 Å². The maximum atomic E-state index is 12.4. The third-order valence-corrected chi connectivity index (χ3v) is 4.46. The van der Waals surface area contributed by atoms with Crippen LogP contribution in [0.1, 0.15) is 22.0 Å². The van der Waals surface area contributed by atoms with Crippen LogP contribution >= 0.6 is 0 Å². The first-order valence-corrected chi connectivity index (χ1v) is 8.07. The minimum atomic E-state index is 0.0407. The highest BCUT2D eigenvalue weighted by molar-refractivity contribution is 5.92. The SMILES string of the molecule is O=C(c1ccc[nH]1)N1CCn2cc(CN3CCOCC3)nc2C1. The number of carbonyl (C=O) groups excluding carboxylic acids is 1. The minimum absolute atomic E-state index is 0.0407. The Morgan fingerprint density at radius 1 is 1.26 bits per heavy atom. The molecule has 1 amide bonds. The van der Waals surface area contributed by atoms with E-state index in [4.69, 9.17) is 9.72 Å². The molecule has 0 saturated carbocycles. The predicted molar refractivity (Wildman–Crippen MR) is 83.9 cm³/mol. The quantitative estimate of drug-likeness (QED) is 0.905. The number of ether oxygens (including phenoxy) is 1.